The van der Waals surface area contributed by atoms with E-state index in [1.165, 1.54) is 0 Å². The van der Waals surface area contributed by atoms with E-state index >= 15 is 0 Å². The summed E-state index contributed by atoms with van der Waals surface area (Å²) in [5.41, 5.74) is 0. The van der Waals surface area contributed by atoms with Gasteiger partial charge in [0.05, 0.1) is 19.3 Å². The molecule has 5 nitrogen and oxygen atoms in total. The van der Waals surface area contributed by atoms with Crippen molar-refractivity contribution in [3.05, 3.63) is 0 Å². The highest BCUT2D eigenvalue weighted by atomic mass is 16.6. The lowest BCUT2D eigenvalue weighted by Gasteiger charge is -2.39. The monoisotopic (exact) mass is 216 g/mol. The third-order valence-electron chi connectivity index (χ3n) is 2.73. The lowest BCUT2D eigenvalue weighted by molar-refractivity contribution is 0.0294. The Morgan fingerprint density at radius 1 is 1.47 bits per heavy atom. The number of nitrogens with zero attached hydrogens (tertiary/aromatic N) is 2. The molecule has 1 rings (SSSR count). The van der Waals surface area contributed by atoms with Crippen molar-refractivity contribution >= 4 is 6.09 Å². The molecule has 1 saturated heterocycles. The molecule has 0 aromatic carbocycles. The quantitative estimate of drug-likeness (QED) is 0.729. The predicted octanol–water partition coefficient (Wildman–Crippen LogP) is 0.141. The Labute approximate surface area is 90.6 Å². The summed E-state index contributed by atoms with van der Waals surface area (Å²) in [7, 11) is 0. The normalized spacial score (nSPS) is 22.9. The van der Waals surface area contributed by atoms with Gasteiger partial charge in [-0.3, -0.25) is 4.90 Å². The van der Waals surface area contributed by atoms with Crippen LogP contribution in [0.2, 0.25) is 0 Å². The maximum atomic E-state index is 11.5. The van der Waals surface area contributed by atoms with Crippen LogP contribution in [-0.4, -0.2) is 66.4 Å². The number of rotatable bonds is 3. The number of carbonyl (C=O) groups is 1. The van der Waals surface area contributed by atoms with Crippen molar-refractivity contribution in [2.45, 2.75) is 19.9 Å². The van der Waals surface area contributed by atoms with Crippen LogP contribution >= 0.6 is 0 Å². The Kier molecular flexibility index (Phi) is 4.84. The molecular weight excluding hydrogens is 196 g/mol. The zero-order chi connectivity index (χ0) is 11.3. The van der Waals surface area contributed by atoms with Crippen molar-refractivity contribution in [1.29, 1.82) is 0 Å². The number of aliphatic hydroxyl groups is 1. The molecule has 0 radical (unpaired) electrons. The molecule has 0 aromatic rings. The smallest absolute Gasteiger partial charge is 0.410 e. The molecule has 1 aliphatic rings. The highest BCUT2D eigenvalue weighted by molar-refractivity contribution is 5.68. The lowest BCUT2D eigenvalue weighted by Crippen LogP contribution is -2.56. The lowest BCUT2D eigenvalue weighted by atomic mass is 10.2. The minimum Gasteiger partial charge on any atom is -0.450 e. The topological polar surface area (TPSA) is 53.0 Å². The number of hydrogen-bond donors (Lipinski definition) is 1. The number of piperazine rings is 1. The first-order chi connectivity index (χ1) is 7.22. The van der Waals surface area contributed by atoms with Crippen LogP contribution in [-0.2, 0) is 4.74 Å². The van der Waals surface area contributed by atoms with Crippen molar-refractivity contribution in [1.82, 2.24) is 9.80 Å². The average molecular weight is 216 g/mol. The number of aliphatic hydroxyl groups excluding tert-OH is 1. The van der Waals surface area contributed by atoms with E-state index in [9.17, 15) is 9.90 Å². The van der Waals surface area contributed by atoms with Gasteiger partial charge in [-0.25, -0.2) is 4.79 Å². The van der Waals surface area contributed by atoms with Crippen molar-refractivity contribution in [3.63, 3.8) is 0 Å². The van der Waals surface area contributed by atoms with Gasteiger partial charge in [0.15, 0.2) is 0 Å². The highest BCUT2D eigenvalue weighted by Gasteiger charge is 2.29. The minimum atomic E-state index is -0.313. The Morgan fingerprint density at radius 3 is 2.73 bits per heavy atom. The Bertz CT molecular complexity index is 211. The van der Waals surface area contributed by atoms with Crippen LogP contribution < -0.4 is 0 Å². The van der Waals surface area contributed by atoms with E-state index in [-0.39, 0.29) is 18.7 Å². The van der Waals surface area contributed by atoms with Crippen LogP contribution in [0.15, 0.2) is 0 Å². The van der Waals surface area contributed by atoms with Crippen molar-refractivity contribution < 1.29 is 14.6 Å². The predicted molar refractivity (Wildman–Crippen MR) is 56.7 cm³/mol. The number of hydrogen-bond acceptors (Lipinski definition) is 4. The van der Waals surface area contributed by atoms with Gasteiger partial charge in [0.25, 0.3) is 0 Å². The first-order valence-corrected chi connectivity index (χ1v) is 5.49. The van der Waals surface area contributed by atoms with Crippen LogP contribution in [0.4, 0.5) is 4.79 Å². The minimum absolute atomic E-state index is 0.00465. The van der Waals surface area contributed by atoms with E-state index in [1.807, 2.05) is 0 Å². The van der Waals surface area contributed by atoms with Gasteiger partial charge in [0, 0.05) is 19.6 Å². The fourth-order valence-corrected chi connectivity index (χ4v) is 1.81. The van der Waals surface area contributed by atoms with Gasteiger partial charge >= 0.3 is 6.09 Å². The van der Waals surface area contributed by atoms with Crippen molar-refractivity contribution in [2.75, 3.05) is 39.4 Å². The van der Waals surface area contributed by atoms with E-state index < -0.39 is 0 Å². The van der Waals surface area contributed by atoms with E-state index in [4.69, 9.17) is 4.74 Å². The summed E-state index contributed by atoms with van der Waals surface area (Å²) < 4.78 is 4.94. The fourth-order valence-electron chi connectivity index (χ4n) is 1.81. The zero-order valence-electron chi connectivity index (χ0n) is 9.48. The second-order valence-corrected chi connectivity index (χ2v) is 3.62. The molecular formula is C10H20N2O3. The summed E-state index contributed by atoms with van der Waals surface area (Å²) in [6.45, 7) is 7.41. The number of ether oxygens (including phenoxy) is 1. The molecule has 0 aliphatic carbocycles. The third kappa shape index (κ3) is 3.07. The van der Waals surface area contributed by atoms with E-state index in [0.717, 1.165) is 19.6 Å². The molecule has 1 N–H and O–H groups in total. The zero-order valence-corrected chi connectivity index (χ0v) is 9.48. The molecule has 0 aromatic heterocycles. The molecule has 88 valence electrons. The van der Waals surface area contributed by atoms with Gasteiger partial charge in [-0.15, -0.1) is 0 Å². The van der Waals surface area contributed by atoms with E-state index in [2.05, 4.69) is 11.8 Å². The Morgan fingerprint density at radius 2 is 2.20 bits per heavy atom. The standard InChI is InChI=1S/C10H20N2O3/c1-3-11-5-6-12(9(7-11)8-13)10(14)15-4-2/h9,13H,3-8H2,1-2H3. The van der Waals surface area contributed by atoms with Crippen LogP contribution in [0.1, 0.15) is 13.8 Å². The molecule has 1 atom stereocenters. The summed E-state index contributed by atoms with van der Waals surface area (Å²) >= 11 is 0. The molecule has 1 amide bonds. The fraction of sp³-hybridized carbons (Fsp3) is 0.900. The molecule has 1 unspecified atom stereocenters. The second kappa shape index (κ2) is 5.92. The van der Waals surface area contributed by atoms with Crippen molar-refractivity contribution in [3.8, 4) is 0 Å². The molecule has 0 spiro atoms. The number of carbonyl (C=O) groups excluding carboxylic acids is 1. The molecule has 0 saturated carbocycles. The summed E-state index contributed by atoms with van der Waals surface area (Å²) in [5.74, 6) is 0. The van der Waals surface area contributed by atoms with Crippen LogP contribution in [0.5, 0.6) is 0 Å². The van der Waals surface area contributed by atoms with Gasteiger partial charge in [0.2, 0.25) is 0 Å². The van der Waals surface area contributed by atoms with Gasteiger partial charge in [0.1, 0.15) is 0 Å². The molecule has 5 heteroatoms. The summed E-state index contributed by atoms with van der Waals surface area (Å²) in [5, 5.41) is 9.22. The highest BCUT2D eigenvalue weighted by Crippen LogP contribution is 2.10. The maximum absolute atomic E-state index is 11.5. The second-order valence-electron chi connectivity index (χ2n) is 3.62. The molecule has 1 fully saturated rings. The summed E-state index contributed by atoms with van der Waals surface area (Å²) in [6.07, 6.45) is -0.313. The largest absolute Gasteiger partial charge is 0.450 e. The van der Waals surface area contributed by atoms with Gasteiger partial charge < -0.3 is 14.7 Å². The molecule has 1 heterocycles. The van der Waals surface area contributed by atoms with Crippen molar-refractivity contribution in [2.24, 2.45) is 0 Å². The van der Waals surface area contributed by atoms with Crippen LogP contribution in [0.25, 0.3) is 0 Å². The molecule has 1 aliphatic heterocycles. The van der Waals surface area contributed by atoms with Crippen LogP contribution in [0.3, 0.4) is 0 Å². The average Bonchev–Trinajstić information content (AvgIpc) is 2.28. The maximum Gasteiger partial charge on any atom is 0.410 e. The van der Waals surface area contributed by atoms with E-state index in [1.54, 1.807) is 11.8 Å². The Balaban J connectivity index is 2.53. The van der Waals surface area contributed by atoms with Gasteiger partial charge in [-0.2, -0.15) is 0 Å². The SMILES string of the molecule is CCOC(=O)N1CCN(CC)CC1CO. The summed E-state index contributed by atoms with van der Waals surface area (Å²) in [4.78, 5) is 15.4. The molecule has 15 heavy (non-hydrogen) atoms. The van der Waals surface area contributed by atoms with Gasteiger partial charge in [-0.1, -0.05) is 6.92 Å². The Hall–Kier alpha value is -0.810. The van der Waals surface area contributed by atoms with Crippen LogP contribution in [0, 0.1) is 0 Å². The first-order valence-electron chi connectivity index (χ1n) is 5.49. The first kappa shape index (κ1) is 12.3. The van der Waals surface area contributed by atoms with Gasteiger partial charge in [-0.05, 0) is 13.5 Å². The van der Waals surface area contributed by atoms with E-state index in [0.29, 0.717) is 13.2 Å². The third-order valence-corrected chi connectivity index (χ3v) is 2.73. The number of likely N-dealkylation sites (N-methyl/N-ethyl adjacent to an activating group) is 1. The summed E-state index contributed by atoms with van der Waals surface area (Å²) in [6, 6.07) is -0.127. The number of amides is 1. The molecule has 0 bridgehead atoms.